The molecule has 1 fully saturated rings. The van der Waals surface area contributed by atoms with Crippen molar-refractivity contribution in [3.8, 4) is 0 Å². The highest BCUT2D eigenvalue weighted by Crippen LogP contribution is 2.61. The number of hydrogen-bond acceptors (Lipinski definition) is 6. The van der Waals surface area contributed by atoms with Crippen molar-refractivity contribution in [3.05, 3.63) is 45.8 Å². The summed E-state index contributed by atoms with van der Waals surface area (Å²) in [7, 11) is 0. The monoisotopic (exact) mass is 472 g/mol. The number of hydrogen-bond donors (Lipinski definition) is 4. The van der Waals surface area contributed by atoms with Gasteiger partial charge in [0.05, 0.1) is 11.7 Å². The zero-order valence-electron chi connectivity index (χ0n) is 20.6. The predicted octanol–water partition coefficient (Wildman–Crippen LogP) is 3.96. The average molecular weight is 473 g/mol. The fraction of sp³-hybridized carbons (Fsp3) is 0.593. The molecule has 0 aliphatic heterocycles. The Balaban J connectivity index is 2.03. The van der Waals surface area contributed by atoms with Gasteiger partial charge in [-0.2, -0.15) is 0 Å². The van der Waals surface area contributed by atoms with E-state index in [0.29, 0.717) is 38.5 Å². The third kappa shape index (κ3) is 4.31. The molecule has 4 N–H and O–H groups in total. The van der Waals surface area contributed by atoms with E-state index in [-0.39, 0.29) is 34.0 Å². The van der Waals surface area contributed by atoms with Gasteiger partial charge in [-0.1, -0.05) is 24.6 Å². The quantitative estimate of drug-likeness (QED) is 0.191. The van der Waals surface area contributed by atoms with Crippen LogP contribution in [0.5, 0.6) is 0 Å². The Kier molecular flexibility index (Phi) is 7.11. The summed E-state index contributed by atoms with van der Waals surface area (Å²) in [5.41, 5.74) is -0.670. The molecule has 7 nitrogen and oxygen atoms in total. The number of rotatable bonds is 7. The van der Waals surface area contributed by atoms with Gasteiger partial charge in [0.25, 0.3) is 0 Å². The van der Waals surface area contributed by atoms with E-state index in [9.17, 15) is 34.8 Å². The Labute approximate surface area is 200 Å². The van der Waals surface area contributed by atoms with Gasteiger partial charge in [-0.25, -0.2) is 4.79 Å². The van der Waals surface area contributed by atoms with Gasteiger partial charge in [-0.15, -0.1) is 0 Å². The van der Waals surface area contributed by atoms with Gasteiger partial charge in [-0.05, 0) is 72.1 Å². The van der Waals surface area contributed by atoms with E-state index in [1.165, 1.54) is 6.92 Å². The summed E-state index contributed by atoms with van der Waals surface area (Å²) >= 11 is 0. The van der Waals surface area contributed by atoms with Crippen molar-refractivity contribution in [2.24, 2.45) is 17.3 Å². The molecule has 0 aromatic carbocycles. The van der Waals surface area contributed by atoms with Crippen molar-refractivity contribution in [1.29, 1.82) is 0 Å². The molecule has 0 spiro atoms. The van der Waals surface area contributed by atoms with Crippen LogP contribution in [0.4, 0.5) is 0 Å². The first-order chi connectivity index (χ1) is 15.7. The molecular weight excluding hydrogens is 436 g/mol. The van der Waals surface area contributed by atoms with E-state index < -0.39 is 40.6 Å². The fourth-order valence-electron chi connectivity index (χ4n) is 6.23. The maximum atomic E-state index is 13.2. The molecule has 0 saturated heterocycles. The van der Waals surface area contributed by atoms with Gasteiger partial charge in [-0.3, -0.25) is 9.59 Å². The van der Waals surface area contributed by atoms with Crippen molar-refractivity contribution in [3.63, 3.8) is 0 Å². The minimum absolute atomic E-state index is 0.0408. The third-order valence-corrected chi connectivity index (χ3v) is 8.09. The molecule has 186 valence electrons. The van der Waals surface area contributed by atoms with E-state index in [2.05, 4.69) is 0 Å². The highest BCUT2D eigenvalue weighted by Gasteiger charge is 2.62. The summed E-state index contributed by atoms with van der Waals surface area (Å²) in [4.78, 5) is 37.6. The molecular formula is C27H36O7. The lowest BCUT2D eigenvalue weighted by Gasteiger charge is -2.50. The van der Waals surface area contributed by atoms with Gasteiger partial charge in [0, 0.05) is 33.6 Å². The van der Waals surface area contributed by atoms with Crippen molar-refractivity contribution in [2.45, 2.75) is 84.8 Å². The highest BCUT2D eigenvalue weighted by molar-refractivity contribution is 6.50. The van der Waals surface area contributed by atoms with Crippen LogP contribution in [0.25, 0.3) is 0 Å². The molecule has 7 heteroatoms. The van der Waals surface area contributed by atoms with Crippen LogP contribution in [0.1, 0.15) is 73.1 Å². The SMILES string of the molecule is CC(C)=CCC/C(=C/CC[C@@]1(C)C2=C(C(O)=C(C)C(=O)C2=O)[C@H](O)[C@H]2[C@H]1CC[C@]2(C)O)C(=O)O. The maximum Gasteiger partial charge on any atom is 0.331 e. The van der Waals surface area contributed by atoms with Crippen LogP contribution in [-0.2, 0) is 14.4 Å². The number of ketones is 2. The first kappa shape index (κ1) is 26.1. The van der Waals surface area contributed by atoms with Crippen LogP contribution < -0.4 is 0 Å². The number of aliphatic hydroxyl groups is 3. The molecule has 3 aliphatic carbocycles. The van der Waals surface area contributed by atoms with Crippen LogP contribution in [0.2, 0.25) is 0 Å². The normalized spacial score (nSPS) is 33.7. The van der Waals surface area contributed by atoms with Crippen LogP contribution in [0.15, 0.2) is 45.8 Å². The molecule has 0 aromatic heterocycles. The summed E-state index contributed by atoms with van der Waals surface area (Å²) in [6.07, 6.45) is 5.01. The fourth-order valence-corrected chi connectivity index (χ4v) is 6.23. The number of fused-ring (bicyclic) bond motifs is 1. The first-order valence-corrected chi connectivity index (χ1v) is 11.9. The smallest absolute Gasteiger partial charge is 0.331 e. The predicted molar refractivity (Wildman–Crippen MR) is 127 cm³/mol. The highest BCUT2D eigenvalue weighted by atomic mass is 16.4. The number of Topliss-reactive ketones (excluding diaryl/α,β-unsaturated/α-hetero) is 2. The minimum Gasteiger partial charge on any atom is -0.507 e. The van der Waals surface area contributed by atoms with Gasteiger partial charge in [0.2, 0.25) is 11.6 Å². The Bertz CT molecular complexity index is 1040. The Morgan fingerprint density at radius 1 is 1.12 bits per heavy atom. The average Bonchev–Trinajstić information content (AvgIpc) is 3.07. The number of allylic oxidation sites excluding steroid dienone is 5. The van der Waals surface area contributed by atoms with E-state index in [1.807, 2.05) is 26.8 Å². The standard InChI is InChI=1S/C27H36O7/c1-14(2)8-6-9-16(25(32)33)10-7-12-26(4)17-11-13-27(5,34)19(17)23(30)18-20(26)24(31)22(29)15(3)21(18)28/h8,10,17,19,23,28,30,34H,6-7,9,11-13H2,1-5H3,(H,32,33)/b16-10-/t17-,19-,23+,26-,27+/m1/s1. The molecule has 0 heterocycles. The van der Waals surface area contributed by atoms with Crippen LogP contribution in [0.3, 0.4) is 0 Å². The van der Waals surface area contributed by atoms with Gasteiger partial charge in [0.15, 0.2) is 0 Å². The van der Waals surface area contributed by atoms with Gasteiger partial charge >= 0.3 is 5.97 Å². The van der Waals surface area contributed by atoms with E-state index in [4.69, 9.17) is 0 Å². The molecule has 1 saturated carbocycles. The summed E-state index contributed by atoms with van der Waals surface area (Å²) in [5, 5.41) is 42.7. The molecule has 3 rings (SSSR count). The Morgan fingerprint density at radius 2 is 1.76 bits per heavy atom. The van der Waals surface area contributed by atoms with E-state index >= 15 is 0 Å². The number of aliphatic hydroxyl groups excluding tert-OH is 2. The second-order valence-corrected chi connectivity index (χ2v) is 10.7. The molecule has 0 unspecified atom stereocenters. The van der Waals surface area contributed by atoms with E-state index in [0.717, 1.165) is 5.57 Å². The number of carbonyl (C=O) groups excluding carboxylic acids is 2. The third-order valence-electron chi connectivity index (χ3n) is 8.09. The van der Waals surface area contributed by atoms with Crippen molar-refractivity contribution >= 4 is 17.5 Å². The molecule has 0 radical (unpaired) electrons. The minimum atomic E-state index is -1.27. The maximum absolute atomic E-state index is 13.2. The lowest BCUT2D eigenvalue weighted by atomic mass is 9.54. The molecule has 0 aromatic rings. The lowest BCUT2D eigenvalue weighted by Crippen LogP contribution is -2.53. The number of carboxylic acids is 1. The summed E-state index contributed by atoms with van der Waals surface area (Å²) in [6.45, 7) is 8.76. The molecule has 3 aliphatic rings. The number of carboxylic acid groups (broad SMARTS) is 1. The van der Waals surface area contributed by atoms with Crippen molar-refractivity contribution in [1.82, 2.24) is 0 Å². The van der Waals surface area contributed by atoms with Gasteiger partial charge in [0.1, 0.15) is 5.76 Å². The van der Waals surface area contributed by atoms with Crippen LogP contribution >= 0.6 is 0 Å². The summed E-state index contributed by atoms with van der Waals surface area (Å²) in [5.74, 6) is -3.82. The van der Waals surface area contributed by atoms with Gasteiger partial charge < -0.3 is 20.4 Å². The Morgan fingerprint density at radius 3 is 2.35 bits per heavy atom. The molecule has 0 bridgehead atoms. The van der Waals surface area contributed by atoms with Crippen molar-refractivity contribution in [2.75, 3.05) is 0 Å². The molecule has 34 heavy (non-hydrogen) atoms. The van der Waals surface area contributed by atoms with E-state index in [1.54, 1.807) is 13.0 Å². The summed E-state index contributed by atoms with van der Waals surface area (Å²) < 4.78 is 0. The van der Waals surface area contributed by atoms with Crippen LogP contribution in [0, 0.1) is 17.3 Å². The Hall–Kier alpha value is -2.51. The zero-order valence-corrected chi connectivity index (χ0v) is 20.6. The summed E-state index contributed by atoms with van der Waals surface area (Å²) in [6, 6.07) is 0. The topological polar surface area (TPSA) is 132 Å². The van der Waals surface area contributed by atoms with Crippen molar-refractivity contribution < 1.29 is 34.8 Å². The molecule has 5 atom stereocenters. The van der Waals surface area contributed by atoms with Crippen LogP contribution in [-0.4, -0.2) is 49.7 Å². The lowest BCUT2D eigenvalue weighted by molar-refractivity contribution is -0.135. The first-order valence-electron chi connectivity index (χ1n) is 11.9. The largest absolute Gasteiger partial charge is 0.507 e. The second kappa shape index (κ2) is 9.27. The second-order valence-electron chi connectivity index (χ2n) is 10.7. The number of aliphatic carboxylic acids is 1. The zero-order chi connectivity index (χ0) is 25.6. The molecule has 0 amide bonds. The number of carbonyl (C=O) groups is 3.